The highest BCUT2D eigenvalue weighted by atomic mass is 16.5. The van der Waals surface area contributed by atoms with Gasteiger partial charge in [0.2, 0.25) is 0 Å². The summed E-state index contributed by atoms with van der Waals surface area (Å²) in [5.41, 5.74) is 11.2. The topological polar surface area (TPSA) is 33.5 Å². The lowest BCUT2D eigenvalue weighted by atomic mass is 9.42. The van der Waals surface area contributed by atoms with Crippen LogP contribution in [0.3, 0.4) is 0 Å². The highest BCUT2D eigenvalue weighted by Crippen LogP contribution is 2.65. The van der Waals surface area contributed by atoms with E-state index < -0.39 is 0 Å². The fourth-order valence-electron chi connectivity index (χ4n) is 12.0. The molecular weight excluding hydrogens is 709 g/mol. The lowest BCUT2D eigenvalue weighted by Crippen LogP contribution is -2.56. The molecule has 1 aliphatic heterocycles. The Labute approximate surface area is 340 Å². The van der Waals surface area contributed by atoms with E-state index >= 15 is 0 Å². The first-order chi connectivity index (χ1) is 28.6. The number of para-hydroxylation sites is 4. The fraction of sp³-hybridized carbons (Fsp3) is 0.226. The number of hydrogen-bond donors (Lipinski definition) is 0. The van der Waals surface area contributed by atoms with Gasteiger partial charge < -0.3 is 14.5 Å². The van der Waals surface area contributed by atoms with Crippen molar-refractivity contribution in [3.8, 4) is 17.3 Å². The van der Waals surface area contributed by atoms with Crippen molar-refractivity contribution in [3.63, 3.8) is 0 Å². The summed E-state index contributed by atoms with van der Waals surface area (Å²) in [6.45, 7) is 2.93. The minimum absolute atomic E-state index is 0.00480. The van der Waals surface area contributed by atoms with E-state index in [9.17, 15) is 0 Å². The Morgan fingerprint density at radius 2 is 1.19 bits per heavy atom. The number of benzene rings is 6. The van der Waals surface area contributed by atoms with Crippen LogP contribution in [0, 0.1) is 30.6 Å². The number of hydrogen-bond acceptors (Lipinski definition) is 4. The van der Waals surface area contributed by atoms with E-state index in [1.807, 2.05) is 0 Å². The summed E-state index contributed by atoms with van der Waals surface area (Å²) in [5, 5.41) is 2.42. The van der Waals surface area contributed by atoms with Crippen LogP contribution in [-0.2, 0) is 5.41 Å². The number of anilines is 4. The largest absolute Gasteiger partial charge is 0.457 e. The molecule has 0 atom stereocenters. The summed E-state index contributed by atoms with van der Waals surface area (Å²) in [7, 11) is 0. The molecule has 0 unspecified atom stereocenters. The van der Waals surface area contributed by atoms with Crippen LogP contribution in [0.5, 0.6) is 11.5 Å². The SMILES string of the molecule is Cc1ccc(C2(c3ccnc(-n4c5ccccc5c5ccc(Oc6cccc(N7CN(c8ccccc8)c8ccccc87)c6)cc54)c3)C3CC4CC(C3)CC2C4)cc1. The molecule has 2 aromatic heterocycles. The zero-order valence-electron chi connectivity index (χ0n) is 32.8. The Bertz CT molecular complexity index is 2810. The molecule has 0 spiro atoms. The maximum Gasteiger partial charge on any atom is 0.137 e. The third-order valence-corrected chi connectivity index (χ3v) is 14.2. The molecule has 8 aromatic rings. The van der Waals surface area contributed by atoms with E-state index in [2.05, 4.69) is 185 Å². The summed E-state index contributed by atoms with van der Waals surface area (Å²) in [6, 6.07) is 57.4. The molecule has 0 N–H and O–H groups in total. The Balaban J connectivity index is 0.934. The normalized spacial score (nSPS) is 23.2. The van der Waals surface area contributed by atoms with Gasteiger partial charge in [0.15, 0.2) is 0 Å². The van der Waals surface area contributed by atoms with Gasteiger partial charge in [-0.2, -0.15) is 0 Å². The minimum Gasteiger partial charge on any atom is -0.457 e. The van der Waals surface area contributed by atoms with Crippen LogP contribution in [-0.4, -0.2) is 16.2 Å². The van der Waals surface area contributed by atoms with Gasteiger partial charge in [-0.1, -0.05) is 84.4 Å². The van der Waals surface area contributed by atoms with Crippen LogP contribution >= 0.6 is 0 Å². The van der Waals surface area contributed by atoms with Gasteiger partial charge in [0.05, 0.1) is 22.4 Å². The van der Waals surface area contributed by atoms with Crippen LogP contribution in [0.2, 0.25) is 0 Å². The molecule has 0 amide bonds. The first-order valence-electron chi connectivity index (χ1n) is 21.1. The van der Waals surface area contributed by atoms with Crippen molar-refractivity contribution in [2.45, 2.75) is 44.4 Å². The number of rotatable bonds is 7. The molecule has 4 aliphatic carbocycles. The maximum absolute atomic E-state index is 6.77. The number of fused-ring (bicyclic) bond motifs is 4. The van der Waals surface area contributed by atoms with E-state index in [-0.39, 0.29) is 5.41 Å². The Morgan fingerprint density at radius 3 is 1.97 bits per heavy atom. The van der Waals surface area contributed by atoms with Gasteiger partial charge in [-0.05, 0) is 141 Å². The highest BCUT2D eigenvalue weighted by molar-refractivity contribution is 6.09. The van der Waals surface area contributed by atoms with Gasteiger partial charge in [0, 0.05) is 45.9 Å². The first kappa shape index (κ1) is 33.8. The predicted octanol–water partition coefficient (Wildman–Crippen LogP) is 13.3. The predicted molar refractivity (Wildman–Crippen MR) is 236 cm³/mol. The van der Waals surface area contributed by atoms with E-state index in [4.69, 9.17) is 9.72 Å². The molecule has 4 bridgehead atoms. The molecule has 4 fully saturated rings. The summed E-state index contributed by atoms with van der Waals surface area (Å²) in [6.07, 6.45) is 8.87. The van der Waals surface area contributed by atoms with E-state index in [1.165, 1.54) is 76.6 Å². The number of ether oxygens (including phenoxy) is 1. The van der Waals surface area contributed by atoms with Crippen LogP contribution < -0.4 is 14.5 Å². The molecule has 284 valence electrons. The third kappa shape index (κ3) is 5.18. The molecular formula is C53H46N4O. The Kier molecular flexibility index (Phi) is 7.63. The van der Waals surface area contributed by atoms with Gasteiger partial charge in [-0.3, -0.25) is 4.57 Å². The highest BCUT2D eigenvalue weighted by Gasteiger charge is 2.58. The number of aromatic nitrogens is 2. The lowest BCUT2D eigenvalue weighted by Gasteiger charge is -2.62. The smallest absolute Gasteiger partial charge is 0.137 e. The van der Waals surface area contributed by atoms with Gasteiger partial charge in [0.1, 0.15) is 24.0 Å². The quantitative estimate of drug-likeness (QED) is 0.162. The van der Waals surface area contributed by atoms with Crippen LogP contribution in [0.15, 0.2) is 164 Å². The Hall–Kier alpha value is -6.33. The second-order valence-electron chi connectivity index (χ2n) is 17.4. The number of aryl methyl sites for hydroxylation is 1. The maximum atomic E-state index is 6.77. The van der Waals surface area contributed by atoms with Crippen molar-refractivity contribution in [1.82, 2.24) is 9.55 Å². The van der Waals surface area contributed by atoms with Crippen molar-refractivity contribution in [1.29, 1.82) is 0 Å². The lowest BCUT2D eigenvalue weighted by molar-refractivity contribution is -0.0418. The van der Waals surface area contributed by atoms with Crippen molar-refractivity contribution >= 4 is 44.6 Å². The average Bonchev–Trinajstić information content (AvgIpc) is 3.81. The monoisotopic (exact) mass is 754 g/mol. The summed E-state index contributed by atoms with van der Waals surface area (Å²) < 4.78 is 9.14. The molecule has 0 saturated heterocycles. The van der Waals surface area contributed by atoms with Crippen molar-refractivity contribution in [3.05, 3.63) is 181 Å². The van der Waals surface area contributed by atoms with Crippen molar-refractivity contribution in [2.24, 2.45) is 23.7 Å². The minimum atomic E-state index is 0.00480. The van der Waals surface area contributed by atoms with Crippen molar-refractivity contribution in [2.75, 3.05) is 16.5 Å². The molecule has 5 aliphatic rings. The van der Waals surface area contributed by atoms with Gasteiger partial charge >= 0.3 is 0 Å². The zero-order valence-corrected chi connectivity index (χ0v) is 32.8. The fourth-order valence-corrected chi connectivity index (χ4v) is 12.0. The summed E-state index contributed by atoms with van der Waals surface area (Å²) in [4.78, 5) is 9.89. The third-order valence-electron chi connectivity index (χ3n) is 14.2. The van der Waals surface area contributed by atoms with Crippen LogP contribution in [0.4, 0.5) is 22.7 Å². The molecule has 58 heavy (non-hydrogen) atoms. The molecule has 13 rings (SSSR count). The Morgan fingerprint density at radius 1 is 0.534 bits per heavy atom. The van der Waals surface area contributed by atoms with Gasteiger partial charge in [-0.25, -0.2) is 4.98 Å². The molecule has 5 heteroatoms. The van der Waals surface area contributed by atoms with E-state index in [0.29, 0.717) is 11.8 Å². The number of pyridine rings is 1. The summed E-state index contributed by atoms with van der Waals surface area (Å²) >= 11 is 0. The van der Waals surface area contributed by atoms with Gasteiger partial charge in [0.25, 0.3) is 0 Å². The van der Waals surface area contributed by atoms with E-state index in [1.54, 1.807) is 0 Å². The first-order valence-corrected chi connectivity index (χ1v) is 21.1. The molecule has 6 aromatic carbocycles. The number of nitrogens with zero attached hydrogens (tertiary/aromatic N) is 4. The van der Waals surface area contributed by atoms with Crippen LogP contribution in [0.1, 0.15) is 48.8 Å². The van der Waals surface area contributed by atoms with E-state index in [0.717, 1.165) is 52.5 Å². The average molecular weight is 755 g/mol. The van der Waals surface area contributed by atoms with Crippen LogP contribution in [0.25, 0.3) is 27.6 Å². The summed E-state index contributed by atoms with van der Waals surface area (Å²) in [5.74, 6) is 5.66. The standard InChI is InChI=1S/C53H46N4O/c1-35-18-20-38(21-19-35)53(40-27-36-26-37(29-40)30-41(53)28-36)39-24-25-54-52(31-39)57-48-15-6-5-14-46(48)47-23-22-45(33-51(47)57)58-44-13-9-12-43(32-44)56-34-55(42-10-3-2-4-11-42)49-16-7-8-17-50(49)56/h2-25,31-33,36-37,40-41H,26-30,34H2,1H3. The molecule has 0 radical (unpaired) electrons. The van der Waals surface area contributed by atoms with Crippen molar-refractivity contribution < 1.29 is 4.74 Å². The van der Waals surface area contributed by atoms with Gasteiger partial charge in [-0.15, -0.1) is 0 Å². The second-order valence-corrected chi connectivity index (χ2v) is 17.4. The zero-order chi connectivity index (χ0) is 38.4. The molecule has 3 heterocycles. The molecule has 5 nitrogen and oxygen atoms in total. The molecule has 4 saturated carbocycles. The second kappa shape index (κ2) is 13.1.